The van der Waals surface area contributed by atoms with E-state index in [4.69, 9.17) is 10.8 Å². The number of hydrogen-bond acceptors (Lipinski definition) is 2. The van der Waals surface area contributed by atoms with Gasteiger partial charge in [-0.1, -0.05) is 37.9 Å². The molecule has 72 valence electrons. The number of hydrogen-bond donors (Lipinski definition) is 2. The van der Waals surface area contributed by atoms with E-state index in [0.717, 1.165) is 14.5 Å². The van der Waals surface area contributed by atoms with E-state index in [-0.39, 0.29) is 6.61 Å². The Balaban J connectivity index is 3.28. The Bertz CT molecular complexity index is 292. The van der Waals surface area contributed by atoms with Crippen LogP contribution in [0.1, 0.15) is 12.5 Å². The maximum atomic E-state index is 9.13. The highest BCUT2D eigenvalue weighted by Crippen LogP contribution is 2.32. The third-order valence-electron chi connectivity index (χ3n) is 1.86. The molecule has 0 aliphatic carbocycles. The molecule has 0 bridgehead atoms. The van der Waals surface area contributed by atoms with Gasteiger partial charge in [0.15, 0.2) is 0 Å². The minimum absolute atomic E-state index is 0.0891. The summed E-state index contributed by atoms with van der Waals surface area (Å²) in [6.45, 7) is 1.70. The van der Waals surface area contributed by atoms with E-state index >= 15 is 0 Å². The normalized spacial score (nSPS) is 15.5. The predicted molar refractivity (Wildman–Crippen MR) is 60.5 cm³/mol. The highest BCUT2D eigenvalue weighted by molar-refractivity contribution is 9.11. The molecule has 0 amide bonds. The molecule has 1 atom stereocenters. The molecule has 1 aromatic rings. The number of benzene rings is 1. The summed E-state index contributed by atoms with van der Waals surface area (Å²) < 4.78 is 1.81. The average molecular weight is 309 g/mol. The number of halogens is 2. The van der Waals surface area contributed by atoms with Crippen molar-refractivity contribution in [2.75, 3.05) is 6.61 Å². The topological polar surface area (TPSA) is 46.2 Å². The first-order chi connectivity index (χ1) is 5.99. The van der Waals surface area contributed by atoms with E-state index in [9.17, 15) is 0 Å². The Morgan fingerprint density at radius 2 is 1.85 bits per heavy atom. The minimum Gasteiger partial charge on any atom is -0.394 e. The lowest BCUT2D eigenvalue weighted by Gasteiger charge is -2.24. The third-order valence-corrected chi connectivity index (χ3v) is 3.18. The second kappa shape index (κ2) is 4.09. The molecule has 0 heterocycles. The zero-order chi connectivity index (χ0) is 10.1. The van der Waals surface area contributed by atoms with Crippen molar-refractivity contribution in [3.8, 4) is 0 Å². The number of nitrogens with two attached hydrogens (primary N) is 1. The van der Waals surface area contributed by atoms with Crippen LogP contribution in [0.2, 0.25) is 0 Å². The van der Waals surface area contributed by atoms with E-state index < -0.39 is 5.54 Å². The van der Waals surface area contributed by atoms with Gasteiger partial charge < -0.3 is 10.8 Å². The van der Waals surface area contributed by atoms with Gasteiger partial charge in [0.1, 0.15) is 0 Å². The van der Waals surface area contributed by atoms with Crippen LogP contribution >= 0.6 is 31.9 Å². The number of rotatable bonds is 2. The molecule has 0 aliphatic heterocycles. The Morgan fingerprint density at radius 3 is 2.23 bits per heavy atom. The summed E-state index contributed by atoms with van der Waals surface area (Å²) in [5.41, 5.74) is 6.09. The second-order valence-corrected chi connectivity index (χ2v) is 4.88. The van der Waals surface area contributed by atoms with Gasteiger partial charge in [-0.2, -0.15) is 0 Å². The highest BCUT2D eigenvalue weighted by Gasteiger charge is 2.24. The molecular weight excluding hydrogens is 298 g/mol. The second-order valence-electron chi connectivity index (χ2n) is 3.17. The molecule has 1 aromatic carbocycles. The molecule has 0 unspecified atom stereocenters. The van der Waals surface area contributed by atoms with E-state index in [0.29, 0.717) is 0 Å². The molecule has 2 nitrogen and oxygen atoms in total. The molecule has 1 rings (SSSR count). The first kappa shape index (κ1) is 11.2. The maximum absolute atomic E-state index is 9.13. The van der Waals surface area contributed by atoms with Gasteiger partial charge in [0.05, 0.1) is 12.1 Å². The van der Waals surface area contributed by atoms with Gasteiger partial charge in [-0.3, -0.25) is 0 Å². The SMILES string of the molecule is C[C@@](N)(CO)c1c(Br)cccc1Br. The van der Waals surface area contributed by atoms with Crippen LogP contribution in [-0.4, -0.2) is 11.7 Å². The van der Waals surface area contributed by atoms with Crippen molar-refractivity contribution in [1.82, 2.24) is 0 Å². The van der Waals surface area contributed by atoms with Crippen LogP contribution in [0.25, 0.3) is 0 Å². The standard InChI is InChI=1S/C9H11Br2NO/c1-9(12,5-13)8-6(10)3-2-4-7(8)11/h2-4,13H,5,12H2,1H3/t9-/m1/s1. The van der Waals surface area contributed by atoms with E-state index in [2.05, 4.69) is 31.9 Å². The first-order valence-corrected chi connectivity index (χ1v) is 5.42. The van der Waals surface area contributed by atoms with Crippen LogP contribution in [0.5, 0.6) is 0 Å². The molecule has 0 aromatic heterocycles. The molecule has 0 aliphatic rings. The van der Waals surface area contributed by atoms with Crippen molar-refractivity contribution in [1.29, 1.82) is 0 Å². The molecule has 0 saturated carbocycles. The fraction of sp³-hybridized carbons (Fsp3) is 0.333. The van der Waals surface area contributed by atoms with E-state index in [1.54, 1.807) is 6.92 Å². The lowest BCUT2D eigenvalue weighted by atomic mass is 9.94. The van der Waals surface area contributed by atoms with Crippen molar-refractivity contribution in [2.24, 2.45) is 5.73 Å². The predicted octanol–water partition coefficient (Wildman–Crippen LogP) is 2.38. The molecule has 0 saturated heterocycles. The fourth-order valence-electron chi connectivity index (χ4n) is 1.12. The van der Waals surface area contributed by atoms with Gasteiger partial charge >= 0.3 is 0 Å². The highest BCUT2D eigenvalue weighted by atomic mass is 79.9. The summed E-state index contributed by atoms with van der Waals surface area (Å²) in [6, 6.07) is 5.72. The molecule has 13 heavy (non-hydrogen) atoms. The molecule has 0 fully saturated rings. The van der Waals surface area contributed by atoms with Gasteiger partial charge in [0.25, 0.3) is 0 Å². The largest absolute Gasteiger partial charge is 0.394 e. The third kappa shape index (κ3) is 2.31. The summed E-state index contributed by atoms with van der Waals surface area (Å²) in [7, 11) is 0. The van der Waals surface area contributed by atoms with Gasteiger partial charge in [-0.15, -0.1) is 0 Å². The Hall–Kier alpha value is 0.1000. The van der Waals surface area contributed by atoms with Gasteiger partial charge in [0, 0.05) is 14.5 Å². The zero-order valence-electron chi connectivity index (χ0n) is 7.22. The van der Waals surface area contributed by atoms with Gasteiger partial charge in [-0.25, -0.2) is 0 Å². The average Bonchev–Trinajstić information content (AvgIpc) is 2.03. The molecule has 0 spiro atoms. The van der Waals surface area contributed by atoms with Crippen LogP contribution in [0, 0.1) is 0 Å². The summed E-state index contributed by atoms with van der Waals surface area (Å²) >= 11 is 6.81. The van der Waals surface area contributed by atoms with Crippen LogP contribution in [0.15, 0.2) is 27.1 Å². The molecule has 3 N–H and O–H groups in total. The van der Waals surface area contributed by atoms with E-state index in [1.807, 2.05) is 18.2 Å². The van der Waals surface area contributed by atoms with Crippen LogP contribution in [0.3, 0.4) is 0 Å². The quantitative estimate of drug-likeness (QED) is 0.881. The van der Waals surface area contributed by atoms with Crippen molar-refractivity contribution in [3.05, 3.63) is 32.7 Å². The van der Waals surface area contributed by atoms with Crippen LogP contribution in [0.4, 0.5) is 0 Å². The fourth-order valence-corrected chi connectivity index (χ4v) is 3.03. The Morgan fingerprint density at radius 1 is 1.38 bits per heavy atom. The van der Waals surface area contributed by atoms with Crippen molar-refractivity contribution in [2.45, 2.75) is 12.5 Å². The zero-order valence-corrected chi connectivity index (χ0v) is 10.4. The van der Waals surface area contributed by atoms with Crippen molar-refractivity contribution >= 4 is 31.9 Å². The summed E-state index contributed by atoms with van der Waals surface area (Å²) in [5.74, 6) is 0. The lowest BCUT2D eigenvalue weighted by molar-refractivity contribution is 0.209. The smallest absolute Gasteiger partial charge is 0.0651 e. The van der Waals surface area contributed by atoms with Crippen molar-refractivity contribution < 1.29 is 5.11 Å². The van der Waals surface area contributed by atoms with Crippen molar-refractivity contribution in [3.63, 3.8) is 0 Å². The number of aliphatic hydroxyl groups excluding tert-OH is 1. The Kier molecular flexibility index (Phi) is 3.51. The maximum Gasteiger partial charge on any atom is 0.0651 e. The molecular formula is C9H11Br2NO. The first-order valence-electron chi connectivity index (χ1n) is 3.83. The molecule has 0 radical (unpaired) electrons. The summed E-state index contributed by atoms with van der Waals surface area (Å²) in [6.07, 6.45) is 0. The summed E-state index contributed by atoms with van der Waals surface area (Å²) in [5, 5.41) is 9.13. The molecule has 4 heteroatoms. The van der Waals surface area contributed by atoms with Crippen LogP contribution in [-0.2, 0) is 5.54 Å². The summed E-state index contributed by atoms with van der Waals surface area (Å²) in [4.78, 5) is 0. The van der Waals surface area contributed by atoms with Gasteiger partial charge in [-0.05, 0) is 19.1 Å². The lowest BCUT2D eigenvalue weighted by Crippen LogP contribution is -2.37. The Labute approximate surface area is 94.4 Å². The minimum atomic E-state index is -0.723. The van der Waals surface area contributed by atoms with E-state index in [1.165, 1.54) is 0 Å². The van der Waals surface area contributed by atoms with Gasteiger partial charge in [0.2, 0.25) is 0 Å². The number of aliphatic hydroxyl groups is 1. The monoisotopic (exact) mass is 307 g/mol. The van der Waals surface area contributed by atoms with Crippen LogP contribution < -0.4 is 5.73 Å².